The van der Waals surface area contributed by atoms with Crippen molar-refractivity contribution in [2.45, 2.75) is 6.61 Å². The second kappa shape index (κ2) is 7.38. The zero-order valence-corrected chi connectivity index (χ0v) is 14.4. The molecule has 1 aliphatic rings. The number of barbiturate groups is 1. The van der Waals surface area contributed by atoms with Gasteiger partial charge in [-0.1, -0.05) is 0 Å². The van der Waals surface area contributed by atoms with E-state index in [1.165, 1.54) is 46.5 Å². The van der Waals surface area contributed by atoms with Gasteiger partial charge in [0.2, 0.25) is 5.75 Å². The molecule has 8 nitrogen and oxygen atoms in total. The Balaban J connectivity index is 2.54. The zero-order valence-electron chi connectivity index (χ0n) is 14.4. The maximum absolute atomic E-state index is 12.6. The Morgan fingerprint density at radius 3 is 1.81 bits per heavy atom. The van der Waals surface area contributed by atoms with Crippen LogP contribution in [0.4, 0.5) is 13.6 Å². The highest BCUT2D eigenvalue weighted by molar-refractivity contribution is 6.30. The fourth-order valence-electron chi connectivity index (χ4n) is 2.33. The zero-order chi connectivity index (χ0) is 19.6. The van der Waals surface area contributed by atoms with E-state index in [2.05, 4.69) is 4.74 Å². The predicted molar refractivity (Wildman–Crippen MR) is 85.1 cm³/mol. The maximum Gasteiger partial charge on any atom is 0.387 e. The minimum absolute atomic E-state index is 0.0787. The van der Waals surface area contributed by atoms with Crippen molar-refractivity contribution in [3.05, 3.63) is 23.3 Å². The molecule has 1 saturated heterocycles. The Bertz CT molecular complexity index is 742. The number of methoxy groups -OCH3 is 2. The summed E-state index contributed by atoms with van der Waals surface area (Å²) in [6.07, 6.45) is 1.21. The van der Waals surface area contributed by atoms with Gasteiger partial charge in [-0.25, -0.2) is 4.79 Å². The van der Waals surface area contributed by atoms with Crippen LogP contribution in [0.3, 0.4) is 0 Å². The van der Waals surface area contributed by atoms with Crippen LogP contribution < -0.4 is 14.2 Å². The van der Waals surface area contributed by atoms with Crippen molar-refractivity contribution in [1.29, 1.82) is 0 Å². The molecule has 1 aliphatic heterocycles. The highest BCUT2D eigenvalue weighted by Gasteiger charge is 2.37. The van der Waals surface area contributed by atoms with Crippen molar-refractivity contribution in [3.63, 3.8) is 0 Å². The van der Waals surface area contributed by atoms with Crippen LogP contribution >= 0.6 is 0 Å². The number of benzene rings is 1. The minimum Gasteiger partial charge on any atom is -0.493 e. The van der Waals surface area contributed by atoms with E-state index >= 15 is 0 Å². The van der Waals surface area contributed by atoms with Crippen LogP contribution in [0.25, 0.3) is 6.08 Å². The van der Waals surface area contributed by atoms with E-state index in [1.54, 1.807) is 0 Å². The van der Waals surface area contributed by atoms with E-state index in [9.17, 15) is 23.2 Å². The number of amides is 4. The fraction of sp³-hybridized carbons (Fsp3) is 0.312. The monoisotopic (exact) mass is 370 g/mol. The summed E-state index contributed by atoms with van der Waals surface area (Å²) < 4.78 is 39.6. The number of ether oxygens (including phenoxy) is 3. The minimum atomic E-state index is -3.10. The molecule has 0 aromatic heterocycles. The molecule has 0 saturated carbocycles. The van der Waals surface area contributed by atoms with Crippen LogP contribution in [0.2, 0.25) is 0 Å². The molecule has 10 heteroatoms. The number of hydrogen-bond acceptors (Lipinski definition) is 6. The van der Waals surface area contributed by atoms with Gasteiger partial charge >= 0.3 is 12.6 Å². The topological polar surface area (TPSA) is 85.4 Å². The normalized spacial score (nSPS) is 14.9. The first-order valence-electron chi connectivity index (χ1n) is 7.23. The average Bonchev–Trinajstić information content (AvgIpc) is 2.62. The molecule has 1 heterocycles. The highest BCUT2D eigenvalue weighted by Crippen LogP contribution is 2.40. The lowest BCUT2D eigenvalue weighted by molar-refractivity contribution is -0.134. The van der Waals surface area contributed by atoms with E-state index < -0.39 is 24.5 Å². The molecule has 1 aromatic rings. The quantitative estimate of drug-likeness (QED) is 0.580. The summed E-state index contributed by atoms with van der Waals surface area (Å²) in [5.41, 5.74) is -0.0191. The van der Waals surface area contributed by atoms with E-state index in [4.69, 9.17) is 9.47 Å². The fourth-order valence-corrected chi connectivity index (χ4v) is 2.33. The molecular formula is C16H16F2N2O6. The number of alkyl halides is 2. The SMILES string of the molecule is COc1cc(C=C2C(=O)N(C)C(=O)N(C)C2=O)cc(OC)c1OC(F)F. The molecule has 140 valence electrons. The largest absolute Gasteiger partial charge is 0.493 e. The Kier molecular flexibility index (Phi) is 5.44. The van der Waals surface area contributed by atoms with E-state index in [0.717, 1.165) is 9.80 Å². The molecule has 0 spiro atoms. The molecule has 1 fully saturated rings. The summed E-state index contributed by atoms with van der Waals surface area (Å²) in [7, 11) is 4.95. The Morgan fingerprint density at radius 2 is 1.42 bits per heavy atom. The summed E-state index contributed by atoms with van der Waals surface area (Å²) in [6.45, 7) is -3.10. The third-order valence-electron chi connectivity index (χ3n) is 3.64. The average molecular weight is 370 g/mol. The van der Waals surface area contributed by atoms with E-state index in [0.29, 0.717) is 0 Å². The van der Waals surface area contributed by atoms with Gasteiger partial charge in [-0.3, -0.25) is 19.4 Å². The molecule has 0 atom stereocenters. The lowest BCUT2D eigenvalue weighted by Gasteiger charge is -2.28. The molecule has 4 amide bonds. The summed E-state index contributed by atoms with van der Waals surface area (Å²) in [5.74, 6) is -2.05. The lowest BCUT2D eigenvalue weighted by Crippen LogP contribution is -2.52. The Hall–Kier alpha value is -3.17. The number of urea groups is 1. The van der Waals surface area contributed by atoms with Crippen LogP contribution in [-0.4, -0.2) is 62.6 Å². The van der Waals surface area contributed by atoms with Gasteiger partial charge in [-0.05, 0) is 23.8 Å². The Labute approximate surface area is 147 Å². The van der Waals surface area contributed by atoms with Crippen molar-refractivity contribution >= 4 is 23.9 Å². The van der Waals surface area contributed by atoms with Gasteiger partial charge in [0.25, 0.3) is 11.8 Å². The molecule has 0 bridgehead atoms. The van der Waals surface area contributed by atoms with Crippen molar-refractivity contribution < 1.29 is 37.4 Å². The molecule has 2 rings (SSSR count). The van der Waals surface area contributed by atoms with Crippen LogP contribution in [0.5, 0.6) is 17.2 Å². The smallest absolute Gasteiger partial charge is 0.387 e. The standard InChI is InChI=1S/C16H16F2N2O6/c1-19-13(21)9(14(22)20(2)16(19)23)5-8-6-10(24-3)12(26-15(17)18)11(7-8)25-4/h5-7,15H,1-4H3. The van der Waals surface area contributed by atoms with Gasteiger partial charge in [-0.15, -0.1) is 0 Å². The predicted octanol–water partition coefficient (Wildman–Crippen LogP) is 1.74. The maximum atomic E-state index is 12.6. The van der Waals surface area contributed by atoms with Gasteiger partial charge in [-0.2, -0.15) is 8.78 Å². The van der Waals surface area contributed by atoms with E-state index in [-0.39, 0.29) is 28.4 Å². The number of imide groups is 2. The highest BCUT2D eigenvalue weighted by atomic mass is 19.3. The number of likely N-dealkylation sites (N-methyl/N-ethyl adjacent to an activating group) is 2. The lowest BCUT2D eigenvalue weighted by atomic mass is 10.1. The molecule has 0 aliphatic carbocycles. The summed E-state index contributed by atoms with van der Waals surface area (Å²) in [6, 6.07) is 1.84. The first kappa shape index (κ1) is 19.2. The number of rotatable bonds is 5. The number of carbonyl (C=O) groups is 3. The van der Waals surface area contributed by atoms with Crippen LogP contribution in [0, 0.1) is 0 Å². The molecule has 26 heavy (non-hydrogen) atoms. The van der Waals surface area contributed by atoms with Crippen LogP contribution in [-0.2, 0) is 9.59 Å². The van der Waals surface area contributed by atoms with Gasteiger partial charge in [0.1, 0.15) is 5.57 Å². The molecule has 1 aromatic carbocycles. The molecule has 0 N–H and O–H groups in total. The molecular weight excluding hydrogens is 354 g/mol. The number of halogens is 2. The Morgan fingerprint density at radius 1 is 0.962 bits per heavy atom. The van der Waals surface area contributed by atoms with E-state index in [1.807, 2.05) is 0 Å². The molecule has 0 unspecified atom stereocenters. The first-order valence-corrected chi connectivity index (χ1v) is 7.23. The summed E-state index contributed by atoms with van der Waals surface area (Å²) in [5, 5.41) is 0. The second-order valence-electron chi connectivity index (χ2n) is 5.20. The van der Waals surface area contributed by atoms with Crippen molar-refractivity contribution in [2.24, 2.45) is 0 Å². The summed E-state index contributed by atoms with van der Waals surface area (Å²) >= 11 is 0. The van der Waals surface area contributed by atoms with Crippen LogP contribution in [0.15, 0.2) is 17.7 Å². The number of carbonyl (C=O) groups excluding carboxylic acids is 3. The van der Waals surface area contributed by atoms with Crippen LogP contribution in [0.1, 0.15) is 5.56 Å². The van der Waals surface area contributed by atoms with Gasteiger partial charge in [0.15, 0.2) is 11.5 Å². The van der Waals surface area contributed by atoms with Gasteiger partial charge < -0.3 is 14.2 Å². The van der Waals surface area contributed by atoms with Crippen molar-refractivity contribution in [2.75, 3.05) is 28.3 Å². The van der Waals surface area contributed by atoms with Crippen molar-refractivity contribution in [3.8, 4) is 17.2 Å². The third-order valence-corrected chi connectivity index (χ3v) is 3.64. The third kappa shape index (κ3) is 3.44. The number of hydrogen-bond donors (Lipinski definition) is 0. The van der Waals surface area contributed by atoms with Crippen molar-refractivity contribution in [1.82, 2.24) is 9.80 Å². The van der Waals surface area contributed by atoms with Gasteiger partial charge in [0, 0.05) is 14.1 Å². The van der Waals surface area contributed by atoms with Gasteiger partial charge in [0.05, 0.1) is 14.2 Å². The summed E-state index contributed by atoms with van der Waals surface area (Å²) in [4.78, 5) is 37.8. The molecule has 0 radical (unpaired) electrons. The number of nitrogens with zero attached hydrogens (tertiary/aromatic N) is 2. The second-order valence-corrected chi connectivity index (χ2v) is 5.20. The first-order chi connectivity index (χ1) is 12.2.